The molecule has 0 radical (unpaired) electrons. The molecule has 9 heteroatoms. The summed E-state index contributed by atoms with van der Waals surface area (Å²) in [5, 5.41) is 2.83. The maximum absolute atomic E-state index is 13.4. The molecule has 0 spiro atoms. The van der Waals surface area contributed by atoms with Crippen LogP contribution in [0.3, 0.4) is 0 Å². The Morgan fingerprint density at radius 1 is 1.00 bits per heavy atom. The SMILES string of the molecule is CCc1ccc(NC(=O)CN2CCN(S(=O)(=O)c3ccc(F)c(F)c3)CC2)cc1. The highest BCUT2D eigenvalue weighted by atomic mass is 32.2. The number of nitrogens with one attached hydrogen (secondary N) is 1. The van der Waals surface area contributed by atoms with Crippen LogP contribution in [-0.4, -0.2) is 56.3 Å². The number of nitrogens with zero attached hydrogens (tertiary/aromatic N) is 2. The third kappa shape index (κ3) is 5.17. The maximum Gasteiger partial charge on any atom is 0.243 e. The van der Waals surface area contributed by atoms with Gasteiger partial charge in [0.15, 0.2) is 11.6 Å². The van der Waals surface area contributed by atoms with Crippen LogP contribution in [0.15, 0.2) is 47.4 Å². The van der Waals surface area contributed by atoms with Crippen molar-refractivity contribution in [3.8, 4) is 0 Å². The first-order valence-electron chi connectivity index (χ1n) is 9.36. The highest BCUT2D eigenvalue weighted by Gasteiger charge is 2.29. The monoisotopic (exact) mass is 423 g/mol. The first-order chi connectivity index (χ1) is 13.8. The highest BCUT2D eigenvalue weighted by molar-refractivity contribution is 7.89. The minimum atomic E-state index is -3.91. The molecule has 2 aromatic carbocycles. The molecule has 1 saturated heterocycles. The van der Waals surface area contributed by atoms with Crippen molar-refractivity contribution in [3.63, 3.8) is 0 Å². The highest BCUT2D eigenvalue weighted by Crippen LogP contribution is 2.20. The fourth-order valence-corrected chi connectivity index (χ4v) is 4.58. The zero-order valence-corrected chi connectivity index (χ0v) is 16.9. The van der Waals surface area contributed by atoms with E-state index in [4.69, 9.17) is 0 Å². The molecule has 0 aromatic heterocycles. The van der Waals surface area contributed by atoms with E-state index >= 15 is 0 Å². The molecule has 0 aliphatic carbocycles. The van der Waals surface area contributed by atoms with Gasteiger partial charge >= 0.3 is 0 Å². The van der Waals surface area contributed by atoms with Crippen LogP contribution in [0.25, 0.3) is 0 Å². The Balaban J connectivity index is 1.54. The number of carbonyl (C=O) groups excluding carboxylic acids is 1. The summed E-state index contributed by atoms with van der Waals surface area (Å²) in [5.74, 6) is -2.47. The van der Waals surface area contributed by atoms with Crippen molar-refractivity contribution in [3.05, 3.63) is 59.7 Å². The van der Waals surface area contributed by atoms with Crippen LogP contribution in [0.4, 0.5) is 14.5 Å². The maximum atomic E-state index is 13.4. The van der Waals surface area contributed by atoms with Gasteiger partial charge in [0.05, 0.1) is 11.4 Å². The molecule has 1 heterocycles. The van der Waals surface area contributed by atoms with Crippen molar-refractivity contribution in [1.29, 1.82) is 0 Å². The molecule has 156 valence electrons. The van der Waals surface area contributed by atoms with E-state index in [1.54, 1.807) is 0 Å². The number of amides is 1. The first-order valence-corrected chi connectivity index (χ1v) is 10.8. The van der Waals surface area contributed by atoms with Gasteiger partial charge in [0.2, 0.25) is 15.9 Å². The minimum absolute atomic E-state index is 0.147. The van der Waals surface area contributed by atoms with Crippen LogP contribution in [0, 0.1) is 11.6 Å². The number of halogens is 2. The second-order valence-corrected chi connectivity index (χ2v) is 8.79. The van der Waals surface area contributed by atoms with Crippen molar-refractivity contribution < 1.29 is 22.0 Å². The average Bonchev–Trinajstić information content (AvgIpc) is 2.71. The lowest BCUT2D eigenvalue weighted by Crippen LogP contribution is -2.50. The van der Waals surface area contributed by atoms with Crippen molar-refractivity contribution in [2.75, 3.05) is 38.0 Å². The van der Waals surface area contributed by atoms with E-state index in [0.29, 0.717) is 24.8 Å². The van der Waals surface area contributed by atoms with E-state index < -0.39 is 21.7 Å². The molecule has 0 saturated carbocycles. The molecule has 1 N–H and O–H groups in total. The molecule has 29 heavy (non-hydrogen) atoms. The van der Waals surface area contributed by atoms with E-state index in [9.17, 15) is 22.0 Å². The molecular formula is C20H23F2N3O3S. The Kier molecular flexibility index (Phi) is 6.61. The number of aryl methyl sites for hydroxylation is 1. The summed E-state index contributed by atoms with van der Waals surface area (Å²) in [7, 11) is -3.91. The molecule has 2 aromatic rings. The van der Waals surface area contributed by atoms with Gasteiger partial charge in [0.25, 0.3) is 0 Å². The van der Waals surface area contributed by atoms with Gasteiger partial charge in [-0.3, -0.25) is 9.69 Å². The van der Waals surface area contributed by atoms with Gasteiger partial charge in [-0.05, 0) is 42.3 Å². The van der Waals surface area contributed by atoms with E-state index in [-0.39, 0.29) is 30.4 Å². The van der Waals surface area contributed by atoms with Gasteiger partial charge < -0.3 is 5.32 Å². The summed E-state index contributed by atoms with van der Waals surface area (Å²) in [6, 6.07) is 10.2. The number of sulfonamides is 1. The Hall–Kier alpha value is -2.36. The molecule has 1 fully saturated rings. The molecule has 1 aliphatic rings. The van der Waals surface area contributed by atoms with Crippen molar-refractivity contribution in [2.24, 2.45) is 0 Å². The Labute approximate surface area is 169 Å². The van der Waals surface area contributed by atoms with Gasteiger partial charge in [-0.25, -0.2) is 17.2 Å². The predicted molar refractivity (Wildman–Crippen MR) is 106 cm³/mol. The van der Waals surface area contributed by atoms with Gasteiger partial charge in [0.1, 0.15) is 0 Å². The predicted octanol–water partition coefficient (Wildman–Crippen LogP) is 2.47. The van der Waals surface area contributed by atoms with E-state index in [2.05, 4.69) is 12.2 Å². The second kappa shape index (κ2) is 8.98. The third-order valence-electron chi connectivity index (χ3n) is 4.87. The largest absolute Gasteiger partial charge is 0.325 e. The van der Waals surface area contributed by atoms with Crippen molar-refractivity contribution in [2.45, 2.75) is 18.2 Å². The number of hydrogen-bond donors (Lipinski definition) is 1. The molecule has 0 atom stereocenters. The van der Waals surface area contributed by atoms with E-state index in [1.165, 1.54) is 9.87 Å². The lowest BCUT2D eigenvalue weighted by Gasteiger charge is -2.33. The standard InChI is InChI=1S/C20H23F2N3O3S/c1-2-15-3-5-16(6-4-15)23-20(26)14-24-9-11-25(12-10-24)29(27,28)17-7-8-18(21)19(22)13-17/h3-8,13H,2,9-12,14H2,1H3,(H,23,26). The van der Waals surface area contributed by atoms with E-state index in [0.717, 1.165) is 18.6 Å². The summed E-state index contributed by atoms with van der Waals surface area (Å²) in [4.78, 5) is 13.8. The van der Waals surface area contributed by atoms with Crippen LogP contribution in [0.1, 0.15) is 12.5 Å². The molecule has 0 bridgehead atoms. The average molecular weight is 423 g/mol. The Bertz CT molecular complexity index is 973. The number of carbonyl (C=O) groups is 1. The van der Waals surface area contributed by atoms with Gasteiger partial charge in [-0.15, -0.1) is 0 Å². The van der Waals surface area contributed by atoms with Gasteiger partial charge in [0, 0.05) is 31.9 Å². The molecule has 0 unspecified atom stereocenters. The summed E-state index contributed by atoms with van der Waals surface area (Å²) in [6.07, 6.45) is 0.923. The summed E-state index contributed by atoms with van der Waals surface area (Å²) >= 11 is 0. The number of benzene rings is 2. The van der Waals surface area contributed by atoms with Crippen molar-refractivity contribution in [1.82, 2.24) is 9.21 Å². The molecule has 6 nitrogen and oxygen atoms in total. The fourth-order valence-electron chi connectivity index (χ4n) is 3.14. The zero-order chi connectivity index (χ0) is 21.0. The molecule has 1 aliphatic heterocycles. The summed E-state index contributed by atoms with van der Waals surface area (Å²) in [5.41, 5.74) is 1.90. The quantitative estimate of drug-likeness (QED) is 0.775. The minimum Gasteiger partial charge on any atom is -0.325 e. The molecule has 3 rings (SSSR count). The first kappa shape index (κ1) is 21.4. The van der Waals surface area contributed by atoms with Crippen LogP contribution < -0.4 is 5.32 Å². The smallest absolute Gasteiger partial charge is 0.243 e. The number of hydrogen-bond acceptors (Lipinski definition) is 4. The number of anilines is 1. The van der Waals surface area contributed by atoms with Crippen LogP contribution in [0.2, 0.25) is 0 Å². The lowest BCUT2D eigenvalue weighted by molar-refractivity contribution is -0.117. The Morgan fingerprint density at radius 3 is 2.24 bits per heavy atom. The summed E-state index contributed by atoms with van der Waals surface area (Å²) < 4.78 is 52.9. The molecular weight excluding hydrogens is 400 g/mol. The molecule has 1 amide bonds. The zero-order valence-electron chi connectivity index (χ0n) is 16.1. The number of rotatable bonds is 6. The topological polar surface area (TPSA) is 69.7 Å². The van der Waals surface area contributed by atoms with Crippen LogP contribution >= 0.6 is 0 Å². The van der Waals surface area contributed by atoms with Gasteiger partial charge in [-0.1, -0.05) is 19.1 Å². The fraction of sp³-hybridized carbons (Fsp3) is 0.350. The van der Waals surface area contributed by atoms with Crippen LogP contribution in [0.5, 0.6) is 0 Å². The van der Waals surface area contributed by atoms with Crippen molar-refractivity contribution >= 4 is 21.6 Å². The Morgan fingerprint density at radius 2 is 1.66 bits per heavy atom. The second-order valence-electron chi connectivity index (χ2n) is 6.85. The summed E-state index contributed by atoms with van der Waals surface area (Å²) in [6.45, 7) is 3.27. The third-order valence-corrected chi connectivity index (χ3v) is 6.77. The normalized spacial score (nSPS) is 16.0. The van der Waals surface area contributed by atoms with Crippen LogP contribution in [-0.2, 0) is 21.2 Å². The van der Waals surface area contributed by atoms with E-state index in [1.807, 2.05) is 29.2 Å². The number of piperazine rings is 1. The lowest BCUT2D eigenvalue weighted by atomic mass is 10.1. The van der Waals surface area contributed by atoms with Gasteiger partial charge in [-0.2, -0.15) is 4.31 Å².